The van der Waals surface area contributed by atoms with Gasteiger partial charge in [0.15, 0.2) is 0 Å². The number of halogens is 2. The predicted molar refractivity (Wildman–Crippen MR) is 79.2 cm³/mol. The third kappa shape index (κ3) is 2.49. The van der Waals surface area contributed by atoms with Crippen molar-refractivity contribution < 1.29 is 4.39 Å². The molecule has 5 heteroatoms. The van der Waals surface area contributed by atoms with E-state index in [2.05, 4.69) is 25.9 Å². The highest BCUT2D eigenvalue weighted by molar-refractivity contribution is 9.10. The van der Waals surface area contributed by atoms with Crippen LogP contribution in [0.5, 0.6) is 0 Å². The maximum absolute atomic E-state index is 13.2. The zero-order valence-corrected chi connectivity index (χ0v) is 12.7. The van der Waals surface area contributed by atoms with Crippen LogP contribution in [0.15, 0.2) is 22.7 Å². The lowest BCUT2D eigenvalue weighted by Crippen LogP contribution is -1.98. The fourth-order valence-electron chi connectivity index (χ4n) is 2.15. The van der Waals surface area contributed by atoms with E-state index >= 15 is 0 Å². The topological polar surface area (TPSA) is 28.7 Å². The van der Waals surface area contributed by atoms with Crippen molar-refractivity contribution in [3.8, 4) is 11.4 Å². The Balaban J connectivity index is 2.17. The fourth-order valence-corrected chi connectivity index (χ4v) is 2.86. The standard InChI is InChI=1S/C14H12BrFN2S/c1-7-6-9(16)4-5-10(7)13-17-12(8-2-3-8)11(15)14(19)18-13/h4-6,8H,2-3H2,1H3,(H,17,18,19). The van der Waals surface area contributed by atoms with Gasteiger partial charge in [-0.15, -0.1) is 0 Å². The molecule has 1 N–H and O–H groups in total. The molecule has 1 aromatic heterocycles. The van der Waals surface area contributed by atoms with E-state index < -0.39 is 0 Å². The summed E-state index contributed by atoms with van der Waals surface area (Å²) in [5.41, 5.74) is 2.85. The number of aryl methyl sites for hydroxylation is 1. The van der Waals surface area contributed by atoms with Gasteiger partial charge in [0.2, 0.25) is 0 Å². The summed E-state index contributed by atoms with van der Waals surface area (Å²) in [6.45, 7) is 1.87. The first kappa shape index (κ1) is 12.9. The normalized spacial score (nSPS) is 14.7. The molecule has 98 valence electrons. The minimum absolute atomic E-state index is 0.237. The van der Waals surface area contributed by atoms with Crippen LogP contribution in [0.1, 0.15) is 30.0 Å². The molecule has 0 saturated heterocycles. The molecule has 1 heterocycles. The van der Waals surface area contributed by atoms with Crippen LogP contribution in [-0.2, 0) is 0 Å². The Morgan fingerprint density at radius 1 is 1.42 bits per heavy atom. The van der Waals surface area contributed by atoms with E-state index in [-0.39, 0.29) is 5.82 Å². The minimum Gasteiger partial charge on any atom is -0.342 e. The van der Waals surface area contributed by atoms with Crippen LogP contribution in [0.2, 0.25) is 0 Å². The summed E-state index contributed by atoms with van der Waals surface area (Å²) in [4.78, 5) is 7.74. The molecule has 1 aliphatic carbocycles. The lowest BCUT2D eigenvalue weighted by molar-refractivity contribution is 0.627. The molecule has 19 heavy (non-hydrogen) atoms. The number of rotatable bonds is 2. The number of hydrogen-bond donors (Lipinski definition) is 1. The zero-order chi connectivity index (χ0) is 13.6. The molecule has 0 amide bonds. The van der Waals surface area contributed by atoms with Crippen LogP contribution < -0.4 is 0 Å². The van der Waals surface area contributed by atoms with Crippen molar-refractivity contribution in [3.63, 3.8) is 0 Å². The average Bonchev–Trinajstić information content (AvgIpc) is 3.17. The van der Waals surface area contributed by atoms with Gasteiger partial charge in [0, 0.05) is 17.2 Å². The maximum Gasteiger partial charge on any atom is 0.144 e. The second-order valence-corrected chi connectivity index (χ2v) is 6.03. The SMILES string of the molecule is Cc1cc(F)ccc1-c1nc(=S)c(Br)c(C2CC2)[nH]1. The second-order valence-electron chi connectivity index (χ2n) is 4.85. The van der Waals surface area contributed by atoms with Crippen LogP contribution >= 0.6 is 28.1 Å². The van der Waals surface area contributed by atoms with Gasteiger partial charge in [-0.05, 0) is 59.5 Å². The van der Waals surface area contributed by atoms with E-state index in [1.807, 2.05) is 6.92 Å². The lowest BCUT2D eigenvalue weighted by Gasteiger charge is -2.10. The van der Waals surface area contributed by atoms with Crippen LogP contribution in [0, 0.1) is 17.4 Å². The number of aromatic amines is 1. The Morgan fingerprint density at radius 2 is 2.16 bits per heavy atom. The van der Waals surface area contributed by atoms with Crippen molar-refractivity contribution in [1.29, 1.82) is 0 Å². The van der Waals surface area contributed by atoms with E-state index in [0.717, 1.165) is 21.3 Å². The Labute approximate surface area is 124 Å². The van der Waals surface area contributed by atoms with Crippen LogP contribution in [0.25, 0.3) is 11.4 Å². The molecule has 0 radical (unpaired) electrons. The summed E-state index contributed by atoms with van der Waals surface area (Å²) in [5, 5.41) is 0. The molecule has 1 aromatic carbocycles. The van der Waals surface area contributed by atoms with Gasteiger partial charge >= 0.3 is 0 Å². The van der Waals surface area contributed by atoms with Gasteiger partial charge in [-0.3, -0.25) is 0 Å². The van der Waals surface area contributed by atoms with E-state index in [1.165, 1.54) is 25.0 Å². The van der Waals surface area contributed by atoms with Gasteiger partial charge < -0.3 is 4.98 Å². The van der Waals surface area contributed by atoms with Gasteiger partial charge in [0.05, 0.1) is 4.47 Å². The number of nitrogens with zero attached hydrogens (tertiary/aromatic N) is 1. The van der Waals surface area contributed by atoms with E-state index in [4.69, 9.17) is 12.2 Å². The van der Waals surface area contributed by atoms with Crippen molar-refractivity contribution in [2.45, 2.75) is 25.7 Å². The summed E-state index contributed by atoms with van der Waals surface area (Å²) < 4.78 is 14.6. The molecule has 0 bridgehead atoms. The van der Waals surface area contributed by atoms with Crippen molar-refractivity contribution in [2.24, 2.45) is 0 Å². The molecule has 1 fully saturated rings. The monoisotopic (exact) mass is 338 g/mol. The minimum atomic E-state index is -0.237. The first-order valence-corrected chi connectivity index (χ1v) is 7.32. The van der Waals surface area contributed by atoms with Gasteiger partial charge in [0.25, 0.3) is 0 Å². The summed E-state index contributed by atoms with van der Waals surface area (Å²) in [7, 11) is 0. The zero-order valence-electron chi connectivity index (χ0n) is 10.3. The summed E-state index contributed by atoms with van der Waals surface area (Å²) >= 11 is 8.79. The van der Waals surface area contributed by atoms with Crippen molar-refractivity contribution in [1.82, 2.24) is 9.97 Å². The summed E-state index contributed by atoms with van der Waals surface area (Å²) in [6.07, 6.45) is 2.35. The third-order valence-corrected chi connectivity index (χ3v) is 4.68. The van der Waals surface area contributed by atoms with Gasteiger partial charge in [0.1, 0.15) is 16.3 Å². The molecule has 0 unspecified atom stereocenters. The molecule has 0 aliphatic heterocycles. The van der Waals surface area contributed by atoms with Crippen molar-refractivity contribution in [3.05, 3.63) is 44.4 Å². The lowest BCUT2D eigenvalue weighted by atomic mass is 10.1. The molecular formula is C14H12BrFN2S. The fraction of sp³-hybridized carbons (Fsp3) is 0.286. The molecule has 2 aromatic rings. The highest BCUT2D eigenvalue weighted by Gasteiger charge is 2.27. The van der Waals surface area contributed by atoms with Crippen LogP contribution in [0.3, 0.4) is 0 Å². The molecule has 2 nitrogen and oxygen atoms in total. The Morgan fingerprint density at radius 3 is 2.79 bits per heavy atom. The van der Waals surface area contributed by atoms with E-state index in [1.54, 1.807) is 6.07 Å². The first-order valence-electron chi connectivity index (χ1n) is 6.12. The van der Waals surface area contributed by atoms with Gasteiger partial charge in [-0.2, -0.15) is 0 Å². The number of hydrogen-bond acceptors (Lipinski definition) is 2. The van der Waals surface area contributed by atoms with Gasteiger partial charge in [-0.1, -0.05) is 12.2 Å². The molecule has 3 rings (SSSR count). The summed E-state index contributed by atoms with van der Waals surface area (Å²) in [6, 6.07) is 4.69. The van der Waals surface area contributed by atoms with Crippen molar-refractivity contribution >= 4 is 28.1 Å². The first-order chi connectivity index (χ1) is 9.06. The predicted octanol–water partition coefficient (Wildman–Crippen LogP) is 4.89. The second kappa shape index (κ2) is 4.80. The van der Waals surface area contributed by atoms with E-state index in [0.29, 0.717) is 16.4 Å². The quantitative estimate of drug-likeness (QED) is 0.789. The van der Waals surface area contributed by atoms with E-state index in [9.17, 15) is 4.39 Å². The van der Waals surface area contributed by atoms with Crippen molar-refractivity contribution in [2.75, 3.05) is 0 Å². The van der Waals surface area contributed by atoms with Crippen LogP contribution in [0.4, 0.5) is 4.39 Å². The molecular weight excluding hydrogens is 327 g/mol. The summed E-state index contributed by atoms with van der Waals surface area (Å²) in [5.74, 6) is 1.02. The number of H-pyrrole nitrogens is 1. The molecule has 0 spiro atoms. The average molecular weight is 339 g/mol. The van der Waals surface area contributed by atoms with Crippen LogP contribution in [-0.4, -0.2) is 9.97 Å². The highest BCUT2D eigenvalue weighted by Crippen LogP contribution is 2.42. The third-order valence-electron chi connectivity index (χ3n) is 3.32. The Kier molecular flexibility index (Phi) is 3.27. The number of benzene rings is 1. The molecule has 1 saturated carbocycles. The highest BCUT2D eigenvalue weighted by atomic mass is 79.9. The maximum atomic E-state index is 13.2. The Bertz CT molecular complexity index is 707. The molecule has 1 aliphatic rings. The number of aromatic nitrogens is 2. The van der Waals surface area contributed by atoms with Gasteiger partial charge in [-0.25, -0.2) is 9.37 Å². The number of nitrogens with one attached hydrogen (secondary N) is 1. The largest absolute Gasteiger partial charge is 0.342 e. The molecule has 0 atom stereocenters. The smallest absolute Gasteiger partial charge is 0.144 e. The Hall–Kier alpha value is -1.07.